The summed E-state index contributed by atoms with van der Waals surface area (Å²) in [6, 6.07) is -0.545. The van der Waals surface area contributed by atoms with Crippen molar-refractivity contribution in [1.29, 1.82) is 0 Å². The monoisotopic (exact) mass is 1140 g/mol. The molecule has 81 heavy (non-hydrogen) atoms. The first kappa shape index (κ1) is 79.1. The molecule has 0 rings (SSSR count). The first-order valence-electron chi connectivity index (χ1n) is 36.7. The van der Waals surface area contributed by atoms with Gasteiger partial charge in [0.25, 0.3) is 0 Å². The number of rotatable bonds is 69. The Labute approximate surface area is 506 Å². The Kier molecular flexibility index (Phi) is 68.9. The van der Waals surface area contributed by atoms with Crippen LogP contribution in [-0.2, 0) is 14.3 Å². The summed E-state index contributed by atoms with van der Waals surface area (Å²) in [6.07, 6.45) is 90.5. The Hall–Kier alpha value is -1.92. The Morgan fingerprint density at radius 2 is 0.617 bits per heavy atom. The number of ether oxygens (including phenoxy) is 1. The van der Waals surface area contributed by atoms with Crippen LogP contribution in [0.5, 0.6) is 0 Å². The van der Waals surface area contributed by atoms with E-state index in [4.69, 9.17) is 4.74 Å². The molecule has 0 heterocycles. The van der Waals surface area contributed by atoms with Gasteiger partial charge in [-0.25, -0.2) is 0 Å². The van der Waals surface area contributed by atoms with Gasteiger partial charge in [-0.1, -0.05) is 346 Å². The number of amides is 1. The lowest BCUT2D eigenvalue weighted by atomic mass is 10.0. The molecule has 6 nitrogen and oxygen atoms in total. The van der Waals surface area contributed by atoms with Crippen molar-refractivity contribution in [2.75, 3.05) is 13.2 Å². The van der Waals surface area contributed by atoms with Crippen LogP contribution < -0.4 is 5.32 Å². The molecule has 0 bridgehead atoms. The quantitative estimate of drug-likeness (QED) is 0.0320. The van der Waals surface area contributed by atoms with Gasteiger partial charge < -0.3 is 20.3 Å². The van der Waals surface area contributed by atoms with Gasteiger partial charge in [-0.05, 0) is 83.5 Å². The van der Waals surface area contributed by atoms with Crippen LogP contribution in [0.2, 0.25) is 0 Å². The number of aliphatic hydroxyl groups is 2. The number of aliphatic hydroxyl groups excluding tert-OH is 2. The van der Waals surface area contributed by atoms with E-state index in [9.17, 15) is 19.8 Å². The standard InChI is InChI=1S/C75H143NO5/c1-3-5-7-9-11-13-15-17-19-21-23-29-32-35-39-43-47-51-55-59-63-67-73(78)72(71-77)76-74(79)68-64-60-56-52-48-44-40-36-33-30-27-25-24-26-28-31-34-38-42-46-50-54-58-62-66-70-81-75(80)69-65-61-57-53-49-45-41-37-22-20-18-16-14-12-10-8-6-4-2/h14,16,20,22,25,27,72-73,77-78H,3-13,15,17-19,21,23-24,26,28-71H2,1-2H3,(H,76,79)/b16-14-,22-20-,27-25-. The molecule has 1 amide bonds. The summed E-state index contributed by atoms with van der Waals surface area (Å²) >= 11 is 0. The first-order valence-corrected chi connectivity index (χ1v) is 36.7. The molecule has 0 aromatic rings. The van der Waals surface area contributed by atoms with Crippen molar-refractivity contribution in [1.82, 2.24) is 5.32 Å². The van der Waals surface area contributed by atoms with Crippen molar-refractivity contribution in [3.63, 3.8) is 0 Å². The molecule has 3 N–H and O–H groups in total. The van der Waals surface area contributed by atoms with Crippen LogP contribution in [0.25, 0.3) is 0 Å². The first-order chi connectivity index (χ1) is 40.0. The minimum absolute atomic E-state index is 0.00686. The Balaban J connectivity index is 3.39. The number of allylic oxidation sites excluding steroid dienone is 6. The zero-order valence-corrected chi connectivity index (χ0v) is 54.8. The van der Waals surface area contributed by atoms with Crippen LogP contribution >= 0.6 is 0 Å². The molecule has 0 saturated carbocycles. The van der Waals surface area contributed by atoms with Gasteiger partial charge >= 0.3 is 5.97 Å². The van der Waals surface area contributed by atoms with E-state index >= 15 is 0 Å². The van der Waals surface area contributed by atoms with Crippen LogP contribution in [0, 0.1) is 0 Å². The van der Waals surface area contributed by atoms with E-state index in [-0.39, 0.29) is 18.5 Å². The van der Waals surface area contributed by atoms with Crippen molar-refractivity contribution in [2.24, 2.45) is 0 Å². The average molecular weight is 1140 g/mol. The molecule has 0 aromatic carbocycles. The number of hydrogen-bond acceptors (Lipinski definition) is 5. The predicted octanol–water partition coefficient (Wildman–Crippen LogP) is 23.9. The number of hydrogen-bond donors (Lipinski definition) is 3. The maximum absolute atomic E-state index is 12.6. The number of carbonyl (C=O) groups is 2. The topological polar surface area (TPSA) is 95.9 Å². The van der Waals surface area contributed by atoms with E-state index in [0.717, 1.165) is 51.4 Å². The fourth-order valence-corrected chi connectivity index (χ4v) is 11.6. The van der Waals surface area contributed by atoms with Crippen LogP contribution in [0.1, 0.15) is 406 Å². The second-order valence-corrected chi connectivity index (χ2v) is 25.3. The molecular weight excluding hydrogens is 995 g/mol. The van der Waals surface area contributed by atoms with Crippen molar-refractivity contribution in [2.45, 2.75) is 418 Å². The third kappa shape index (κ3) is 67.1. The SMILES string of the molecule is CCCCCC/C=C\C/C=C\CCCCCCCCCC(=O)OCCCCCCCCCCCCCC/C=C\CCCCCCCCCCCC(=O)NC(CO)C(O)CCCCCCCCCCCCCCCCCCCCCCC. The van der Waals surface area contributed by atoms with Crippen molar-refractivity contribution >= 4 is 11.9 Å². The predicted molar refractivity (Wildman–Crippen MR) is 356 cm³/mol. The van der Waals surface area contributed by atoms with Crippen LogP contribution in [-0.4, -0.2) is 47.4 Å². The number of carbonyl (C=O) groups excluding carboxylic acids is 2. The highest BCUT2D eigenvalue weighted by atomic mass is 16.5. The lowest BCUT2D eigenvalue weighted by Gasteiger charge is -2.22. The maximum Gasteiger partial charge on any atom is 0.305 e. The lowest BCUT2D eigenvalue weighted by molar-refractivity contribution is -0.143. The smallest absolute Gasteiger partial charge is 0.305 e. The Morgan fingerprint density at radius 3 is 0.963 bits per heavy atom. The summed E-state index contributed by atoms with van der Waals surface area (Å²) in [4.78, 5) is 24.7. The second-order valence-electron chi connectivity index (χ2n) is 25.3. The van der Waals surface area contributed by atoms with E-state index in [1.807, 2.05) is 0 Å². The van der Waals surface area contributed by atoms with E-state index in [2.05, 4.69) is 55.6 Å². The zero-order valence-electron chi connectivity index (χ0n) is 54.8. The molecular formula is C75H143NO5. The van der Waals surface area contributed by atoms with Gasteiger partial charge in [0, 0.05) is 12.8 Å². The molecule has 2 atom stereocenters. The molecule has 2 unspecified atom stereocenters. The molecule has 0 spiro atoms. The van der Waals surface area contributed by atoms with Gasteiger partial charge in [-0.2, -0.15) is 0 Å². The molecule has 0 saturated heterocycles. The Bertz CT molecular complexity index is 1310. The lowest BCUT2D eigenvalue weighted by Crippen LogP contribution is -2.45. The molecule has 478 valence electrons. The van der Waals surface area contributed by atoms with Gasteiger partial charge in [0.15, 0.2) is 0 Å². The van der Waals surface area contributed by atoms with Gasteiger partial charge in [0.1, 0.15) is 0 Å². The van der Waals surface area contributed by atoms with E-state index in [1.165, 1.54) is 321 Å². The maximum atomic E-state index is 12.6. The summed E-state index contributed by atoms with van der Waals surface area (Å²) in [5.74, 6) is -0.0271. The van der Waals surface area contributed by atoms with Gasteiger partial charge in [-0.15, -0.1) is 0 Å². The normalized spacial score (nSPS) is 12.7. The Morgan fingerprint density at radius 1 is 0.346 bits per heavy atom. The van der Waals surface area contributed by atoms with Crippen molar-refractivity contribution in [3.05, 3.63) is 36.5 Å². The number of esters is 1. The van der Waals surface area contributed by atoms with Gasteiger partial charge in [0.2, 0.25) is 5.91 Å². The number of nitrogens with one attached hydrogen (secondary N) is 1. The average Bonchev–Trinajstić information content (AvgIpc) is 3.47. The third-order valence-corrected chi connectivity index (χ3v) is 17.2. The molecule has 0 aromatic heterocycles. The fraction of sp³-hybridized carbons (Fsp3) is 0.893. The highest BCUT2D eigenvalue weighted by molar-refractivity contribution is 5.76. The molecule has 0 aliphatic rings. The van der Waals surface area contributed by atoms with Crippen LogP contribution in [0.4, 0.5) is 0 Å². The van der Waals surface area contributed by atoms with Crippen molar-refractivity contribution in [3.8, 4) is 0 Å². The zero-order chi connectivity index (χ0) is 58.5. The van der Waals surface area contributed by atoms with E-state index in [0.29, 0.717) is 25.9 Å². The summed E-state index contributed by atoms with van der Waals surface area (Å²) < 4.78 is 5.50. The molecule has 0 aliphatic carbocycles. The van der Waals surface area contributed by atoms with Gasteiger partial charge in [0.05, 0.1) is 25.4 Å². The highest BCUT2D eigenvalue weighted by Crippen LogP contribution is 2.19. The van der Waals surface area contributed by atoms with Gasteiger partial charge in [-0.3, -0.25) is 9.59 Å². The summed E-state index contributed by atoms with van der Waals surface area (Å²) in [7, 11) is 0. The molecule has 0 fully saturated rings. The van der Waals surface area contributed by atoms with E-state index < -0.39 is 12.1 Å². The van der Waals surface area contributed by atoms with Crippen LogP contribution in [0.15, 0.2) is 36.5 Å². The summed E-state index contributed by atoms with van der Waals surface area (Å²) in [5.41, 5.74) is 0. The molecule has 6 heteroatoms. The number of unbranched alkanes of at least 4 members (excludes halogenated alkanes) is 52. The molecule has 0 radical (unpaired) electrons. The molecule has 0 aliphatic heterocycles. The summed E-state index contributed by atoms with van der Waals surface area (Å²) in [5, 5.41) is 23.4. The van der Waals surface area contributed by atoms with Crippen molar-refractivity contribution < 1.29 is 24.5 Å². The summed E-state index contributed by atoms with van der Waals surface area (Å²) in [6.45, 7) is 4.97. The van der Waals surface area contributed by atoms with E-state index in [1.54, 1.807) is 0 Å². The minimum Gasteiger partial charge on any atom is -0.466 e. The highest BCUT2D eigenvalue weighted by Gasteiger charge is 2.20. The fourth-order valence-electron chi connectivity index (χ4n) is 11.6. The van der Waals surface area contributed by atoms with Crippen LogP contribution in [0.3, 0.4) is 0 Å². The largest absolute Gasteiger partial charge is 0.466 e. The third-order valence-electron chi connectivity index (χ3n) is 17.2. The minimum atomic E-state index is -0.668. The second kappa shape index (κ2) is 70.6.